The Labute approximate surface area is 142 Å². The number of anilines is 1. The fraction of sp³-hybridized carbons (Fsp3) is 0.154. The van der Waals surface area contributed by atoms with Crippen molar-refractivity contribution in [1.82, 2.24) is 4.98 Å². The Hall–Kier alpha value is -0.380. The third kappa shape index (κ3) is 4.06. The van der Waals surface area contributed by atoms with Crippen LogP contribution in [0.15, 0.2) is 24.3 Å². The Balaban J connectivity index is 2.01. The smallest absolute Gasteiger partial charge is 0.150 e. The molecule has 1 heterocycles. The predicted octanol–water partition coefficient (Wildman–Crippen LogP) is 6.00. The lowest BCUT2D eigenvalue weighted by Crippen LogP contribution is -2.07. The minimum absolute atomic E-state index is 0.211. The van der Waals surface area contributed by atoms with Crippen LogP contribution >= 0.6 is 58.0 Å². The molecular formula is C13H9Cl5N2. The Morgan fingerprint density at radius 1 is 0.900 bits per heavy atom. The molecule has 0 aliphatic carbocycles. The molecule has 0 saturated carbocycles. The first-order valence-electron chi connectivity index (χ1n) is 5.66. The summed E-state index contributed by atoms with van der Waals surface area (Å²) in [5.74, 6) is 0.492. The van der Waals surface area contributed by atoms with Crippen molar-refractivity contribution in [2.75, 3.05) is 11.9 Å². The summed E-state index contributed by atoms with van der Waals surface area (Å²) in [4.78, 5) is 4.08. The van der Waals surface area contributed by atoms with Crippen molar-refractivity contribution in [2.45, 2.75) is 6.42 Å². The molecule has 1 aromatic carbocycles. The average molecular weight is 370 g/mol. The summed E-state index contributed by atoms with van der Waals surface area (Å²) in [5, 5.41) is 5.29. The molecule has 0 fully saturated rings. The third-order valence-corrected chi connectivity index (χ3v) is 4.14. The molecule has 0 aliphatic heterocycles. The lowest BCUT2D eigenvalue weighted by Gasteiger charge is -2.09. The van der Waals surface area contributed by atoms with E-state index in [2.05, 4.69) is 10.3 Å². The molecule has 0 aliphatic rings. The van der Waals surface area contributed by atoms with Gasteiger partial charge in [-0.3, -0.25) is 0 Å². The molecule has 0 saturated heterocycles. The zero-order valence-corrected chi connectivity index (χ0v) is 13.8. The molecule has 0 unspecified atom stereocenters. The molecule has 106 valence electrons. The molecule has 0 radical (unpaired) electrons. The van der Waals surface area contributed by atoms with Gasteiger partial charge in [0.2, 0.25) is 0 Å². The van der Waals surface area contributed by atoms with Crippen molar-refractivity contribution in [3.63, 3.8) is 0 Å². The minimum atomic E-state index is 0.211. The number of nitrogens with one attached hydrogen (secondary N) is 1. The largest absolute Gasteiger partial charge is 0.368 e. The van der Waals surface area contributed by atoms with E-state index in [0.717, 1.165) is 5.56 Å². The molecule has 20 heavy (non-hydrogen) atoms. The highest BCUT2D eigenvalue weighted by Gasteiger charge is 2.08. The van der Waals surface area contributed by atoms with E-state index in [1.54, 1.807) is 18.2 Å². The summed E-state index contributed by atoms with van der Waals surface area (Å²) in [6.45, 7) is 0.603. The molecule has 0 atom stereocenters. The lowest BCUT2D eigenvalue weighted by molar-refractivity contribution is 1.01. The molecule has 1 N–H and O–H groups in total. The van der Waals surface area contributed by atoms with Crippen LogP contribution in [0.4, 0.5) is 5.82 Å². The quantitative estimate of drug-likeness (QED) is 0.667. The first-order chi connectivity index (χ1) is 9.47. The van der Waals surface area contributed by atoms with Gasteiger partial charge in [-0.15, -0.1) is 0 Å². The maximum absolute atomic E-state index is 6.10. The van der Waals surface area contributed by atoms with Gasteiger partial charge in [0.1, 0.15) is 11.0 Å². The molecule has 0 amide bonds. The van der Waals surface area contributed by atoms with E-state index in [0.29, 0.717) is 38.9 Å². The first kappa shape index (κ1) is 16.0. The molecule has 0 spiro atoms. The lowest BCUT2D eigenvalue weighted by atomic mass is 10.1. The Morgan fingerprint density at radius 3 is 2.35 bits per heavy atom. The molecular weight excluding hydrogens is 361 g/mol. The van der Waals surface area contributed by atoms with Gasteiger partial charge in [0.15, 0.2) is 0 Å². The maximum Gasteiger partial charge on any atom is 0.150 e. The SMILES string of the molecule is Clc1ccc(CCNc2nc(Cl)c(Cl)cc2Cl)c(Cl)c1. The van der Waals surface area contributed by atoms with Gasteiger partial charge < -0.3 is 5.32 Å². The second-order valence-corrected chi connectivity index (χ2v) is 6.02. The van der Waals surface area contributed by atoms with Gasteiger partial charge in [-0.1, -0.05) is 64.1 Å². The van der Waals surface area contributed by atoms with Crippen molar-refractivity contribution in [1.29, 1.82) is 0 Å². The van der Waals surface area contributed by atoms with Crippen molar-refractivity contribution in [3.8, 4) is 0 Å². The summed E-state index contributed by atoms with van der Waals surface area (Å²) in [6.07, 6.45) is 0.703. The fourth-order valence-corrected chi connectivity index (χ4v) is 2.68. The van der Waals surface area contributed by atoms with E-state index in [9.17, 15) is 0 Å². The van der Waals surface area contributed by atoms with Gasteiger partial charge >= 0.3 is 0 Å². The summed E-state index contributed by atoms with van der Waals surface area (Å²) in [5.41, 5.74) is 0.986. The molecule has 2 nitrogen and oxygen atoms in total. The number of hydrogen-bond donors (Lipinski definition) is 1. The van der Waals surface area contributed by atoms with E-state index in [-0.39, 0.29) is 5.15 Å². The second-order valence-electron chi connectivity index (χ2n) is 4.00. The Kier molecular flexibility index (Phi) is 5.65. The second kappa shape index (κ2) is 7.06. The van der Waals surface area contributed by atoms with Crippen LogP contribution in [0.25, 0.3) is 0 Å². The molecule has 7 heteroatoms. The van der Waals surface area contributed by atoms with Crippen LogP contribution in [0, 0.1) is 0 Å². The normalized spacial score (nSPS) is 10.7. The zero-order chi connectivity index (χ0) is 14.7. The summed E-state index contributed by atoms with van der Waals surface area (Å²) in [6, 6.07) is 6.95. The van der Waals surface area contributed by atoms with Gasteiger partial charge in [-0.05, 0) is 30.2 Å². The van der Waals surface area contributed by atoms with Gasteiger partial charge in [0.25, 0.3) is 0 Å². The molecule has 0 bridgehead atoms. The third-order valence-electron chi connectivity index (χ3n) is 2.59. The van der Waals surface area contributed by atoms with Crippen molar-refractivity contribution in [3.05, 3.63) is 55.1 Å². The van der Waals surface area contributed by atoms with Gasteiger partial charge in [0.05, 0.1) is 10.0 Å². The maximum atomic E-state index is 6.10. The van der Waals surface area contributed by atoms with Gasteiger partial charge in [0, 0.05) is 16.6 Å². The standard InChI is InChI=1S/C13H9Cl5N2/c14-8-2-1-7(9(15)5-8)3-4-19-13-11(17)6-10(16)12(18)20-13/h1-2,5-6H,3-4H2,(H,19,20). The van der Waals surface area contributed by atoms with E-state index >= 15 is 0 Å². The minimum Gasteiger partial charge on any atom is -0.368 e. The monoisotopic (exact) mass is 368 g/mol. The van der Waals surface area contributed by atoms with Crippen LogP contribution < -0.4 is 5.32 Å². The number of halogens is 5. The highest BCUT2D eigenvalue weighted by Crippen LogP contribution is 2.29. The van der Waals surface area contributed by atoms with Crippen LogP contribution in [0.3, 0.4) is 0 Å². The average Bonchev–Trinajstić information content (AvgIpc) is 2.38. The molecule has 2 aromatic rings. The number of aromatic nitrogens is 1. The van der Waals surface area contributed by atoms with Crippen LogP contribution in [0.1, 0.15) is 5.56 Å². The van der Waals surface area contributed by atoms with E-state index in [1.165, 1.54) is 0 Å². The van der Waals surface area contributed by atoms with Crippen molar-refractivity contribution < 1.29 is 0 Å². The first-order valence-corrected chi connectivity index (χ1v) is 7.55. The molecule has 1 aromatic heterocycles. The summed E-state index contributed by atoms with van der Waals surface area (Å²) >= 11 is 29.6. The highest BCUT2D eigenvalue weighted by atomic mass is 35.5. The number of nitrogens with zero attached hydrogens (tertiary/aromatic N) is 1. The summed E-state index contributed by atoms with van der Waals surface area (Å²) in [7, 11) is 0. The zero-order valence-electron chi connectivity index (χ0n) is 10.1. The van der Waals surface area contributed by atoms with Crippen LogP contribution in [0.5, 0.6) is 0 Å². The molecule has 2 rings (SSSR count). The van der Waals surface area contributed by atoms with Crippen molar-refractivity contribution >= 4 is 63.8 Å². The van der Waals surface area contributed by atoms with Gasteiger partial charge in [-0.25, -0.2) is 4.98 Å². The van der Waals surface area contributed by atoms with Crippen LogP contribution in [0.2, 0.25) is 25.2 Å². The van der Waals surface area contributed by atoms with Crippen LogP contribution in [-0.2, 0) is 6.42 Å². The predicted molar refractivity (Wildman–Crippen MR) is 87.9 cm³/mol. The number of pyridine rings is 1. The van der Waals surface area contributed by atoms with E-state index in [4.69, 9.17) is 58.0 Å². The van der Waals surface area contributed by atoms with E-state index < -0.39 is 0 Å². The topological polar surface area (TPSA) is 24.9 Å². The van der Waals surface area contributed by atoms with Crippen molar-refractivity contribution in [2.24, 2.45) is 0 Å². The fourth-order valence-electron chi connectivity index (χ4n) is 1.61. The van der Waals surface area contributed by atoms with E-state index in [1.807, 2.05) is 6.07 Å². The summed E-state index contributed by atoms with van der Waals surface area (Å²) < 4.78 is 0. The number of hydrogen-bond acceptors (Lipinski definition) is 2. The van der Waals surface area contributed by atoms with Crippen LogP contribution in [-0.4, -0.2) is 11.5 Å². The van der Waals surface area contributed by atoms with Gasteiger partial charge in [-0.2, -0.15) is 0 Å². The Bertz CT molecular complexity index is 630. The number of rotatable bonds is 4. The highest BCUT2D eigenvalue weighted by molar-refractivity contribution is 6.43. The Morgan fingerprint density at radius 2 is 1.65 bits per heavy atom. The number of benzene rings is 1.